The van der Waals surface area contributed by atoms with Crippen LogP contribution in [0.5, 0.6) is 5.75 Å². The van der Waals surface area contributed by atoms with Gasteiger partial charge in [0.1, 0.15) is 17.3 Å². The van der Waals surface area contributed by atoms with Crippen LogP contribution in [0.2, 0.25) is 15.1 Å². The lowest BCUT2D eigenvalue weighted by Gasteiger charge is -2.05. The number of hydrazone groups is 1. The van der Waals surface area contributed by atoms with E-state index in [1.54, 1.807) is 30.3 Å². The van der Waals surface area contributed by atoms with Crippen molar-refractivity contribution in [1.29, 1.82) is 0 Å². The summed E-state index contributed by atoms with van der Waals surface area (Å²) < 4.78 is 11.1. The molecule has 0 fully saturated rings. The number of ether oxygens (including phenoxy) is 1. The largest absolute Gasteiger partial charge is 0.484 e. The molecule has 0 spiro atoms. The minimum atomic E-state index is -0.392. The average molecular weight is 438 g/mol. The van der Waals surface area contributed by atoms with E-state index in [4.69, 9.17) is 44.0 Å². The Kier molecular flexibility index (Phi) is 6.62. The molecule has 0 saturated heterocycles. The van der Waals surface area contributed by atoms with Gasteiger partial charge in [0.25, 0.3) is 5.91 Å². The molecule has 28 heavy (non-hydrogen) atoms. The van der Waals surface area contributed by atoms with Crippen LogP contribution >= 0.6 is 34.8 Å². The summed E-state index contributed by atoms with van der Waals surface area (Å²) in [7, 11) is 0. The number of carbonyl (C=O) groups excluding carboxylic acids is 1. The van der Waals surface area contributed by atoms with Gasteiger partial charge in [0.05, 0.1) is 21.3 Å². The Labute approximate surface area is 176 Å². The van der Waals surface area contributed by atoms with Gasteiger partial charge < -0.3 is 9.15 Å². The summed E-state index contributed by atoms with van der Waals surface area (Å²) in [6.45, 7) is 1.79. The van der Waals surface area contributed by atoms with Crippen LogP contribution in [0.1, 0.15) is 11.3 Å². The SMILES string of the molecule is Cc1cccc(OCC(=O)N/N=C/c2ccc(-c3cc(Cl)c(Cl)cc3Cl)o2)c1. The van der Waals surface area contributed by atoms with Crippen molar-refractivity contribution >= 4 is 46.9 Å². The molecular weight excluding hydrogens is 423 g/mol. The van der Waals surface area contributed by atoms with Gasteiger partial charge in [-0.05, 0) is 48.9 Å². The molecule has 3 rings (SSSR count). The molecule has 0 unspecified atom stereocenters. The van der Waals surface area contributed by atoms with Crippen molar-refractivity contribution in [2.75, 3.05) is 6.61 Å². The molecule has 0 saturated carbocycles. The maximum Gasteiger partial charge on any atom is 0.277 e. The van der Waals surface area contributed by atoms with E-state index in [1.807, 2.05) is 25.1 Å². The predicted octanol–water partition coefficient (Wildman–Crippen LogP) is 5.74. The minimum absolute atomic E-state index is 0.150. The Hall–Kier alpha value is -2.47. The van der Waals surface area contributed by atoms with Crippen molar-refractivity contribution in [3.63, 3.8) is 0 Å². The predicted molar refractivity (Wildman–Crippen MR) is 112 cm³/mol. The fraction of sp³-hybridized carbons (Fsp3) is 0.100. The Balaban J connectivity index is 1.57. The number of halogens is 3. The number of benzene rings is 2. The van der Waals surface area contributed by atoms with Crippen LogP contribution in [0.15, 0.2) is 58.0 Å². The van der Waals surface area contributed by atoms with Crippen LogP contribution in [0.3, 0.4) is 0 Å². The molecule has 8 heteroatoms. The lowest BCUT2D eigenvalue weighted by Crippen LogP contribution is -2.24. The summed E-state index contributed by atoms with van der Waals surface area (Å²) in [5.41, 5.74) is 4.02. The first-order chi connectivity index (χ1) is 13.4. The van der Waals surface area contributed by atoms with Crippen LogP contribution in [0, 0.1) is 6.92 Å². The Morgan fingerprint density at radius 3 is 2.68 bits per heavy atom. The zero-order valence-corrected chi connectivity index (χ0v) is 17.0. The lowest BCUT2D eigenvalue weighted by atomic mass is 10.2. The molecular formula is C20H15Cl3N2O3. The summed E-state index contributed by atoms with van der Waals surface area (Å²) in [6.07, 6.45) is 1.37. The standard InChI is InChI=1S/C20H15Cl3N2O3/c1-12-3-2-4-13(7-12)27-11-20(26)25-24-10-14-5-6-19(28-14)15-8-17(22)18(23)9-16(15)21/h2-10H,11H2,1H3,(H,25,26)/b24-10+. The Morgan fingerprint density at radius 1 is 1.11 bits per heavy atom. The first kappa shape index (κ1) is 20.3. The fourth-order valence-corrected chi connectivity index (χ4v) is 2.97. The van der Waals surface area contributed by atoms with Gasteiger partial charge in [-0.2, -0.15) is 5.10 Å². The second-order valence-electron chi connectivity index (χ2n) is 5.85. The highest BCUT2D eigenvalue weighted by Gasteiger charge is 2.11. The lowest BCUT2D eigenvalue weighted by molar-refractivity contribution is -0.123. The van der Waals surface area contributed by atoms with Crippen LogP contribution in [-0.4, -0.2) is 18.7 Å². The van der Waals surface area contributed by atoms with Gasteiger partial charge in [0.15, 0.2) is 6.61 Å². The van der Waals surface area contributed by atoms with E-state index in [9.17, 15) is 4.79 Å². The Bertz CT molecular complexity index is 1030. The number of hydrogen-bond donors (Lipinski definition) is 1. The smallest absolute Gasteiger partial charge is 0.277 e. The molecule has 1 aromatic heterocycles. The summed E-state index contributed by atoms with van der Waals surface area (Å²) in [5, 5.41) is 4.99. The minimum Gasteiger partial charge on any atom is -0.484 e. The van der Waals surface area contributed by atoms with Gasteiger partial charge in [-0.15, -0.1) is 0 Å². The van der Waals surface area contributed by atoms with Crippen molar-refractivity contribution in [3.05, 3.63) is 74.9 Å². The molecule has 1 amide bonds. The maximum absolute atomic E-state index is 11.8. The van der Waals surface area contributed by atoms with E-state index < -0.39 is 5.91 Å². The highest BCUT2D eigenvalue weighted by molar-refractivity contribution is 6.44. The summed E-state index contributed by atoms with van der Waals surface area (Å²) in [5.74, 6) is 1.15. The van der Waals surface area contributed by atoms with E-state index in [0.29, 0.717) is 37.9 Å². The molecule has 1 heterocycles. The summed E-state index contributed by atoms with van der Waals surface area (Å²) >= 11 is 18.1. The van der Waals surface area contributed by atoms with Crippen molar-refractivity contribution in [2.24, 2.45) is 5.10 Å². The number of rotatable bonds is 6. The number of aryl methyl sites for hydroxylation is 1. The molecule has 3 aromatic rings. The number of nitrogens with one attached hydrogen (secondary N) is 1. The Morgan fingerprint density at radius 2 is 1.89 bits per heavy atom. The molecule has 1 N–H and O–H groups in total. The second-order valence-corrected chi connectivity index (χ2v) is 7.07. The van der Waals surface area contributed by atoms with E-state index in [0.717, 1.165) is 5.56 Å². The first-order valence-corrected chi connectivity index (χ1v) is 9.32. The van der Waals surface area contributed by atoms with Crippen molar-refractivity contribution in [1.82, 2.24) is 5.43 Å². The zero-order chi connectivity index (χ0) is 20.1. The van der Waals surface area contributed by atoms with Crippen LogP contribution in [0.25, 0.3) is 11.3 Å². The number of nitrogens with zero attached hydrogens (tertiary/aromatic N) is 1. The van der Waals surface area contributed by atoms with E-state index in [-0.39, 0.29) is 6.61 Å². The highest BCUT2D eigenvalue weighted by atomic mass is 35.5. The zero-order valence-electron chi connectivity index (χ0n) is 14.7. The molecule has 144 valence electrons. The molecule has 0 radical (unpaired) electrons. The molecule has 5 nitrogen and oxygen atoms in total. The maximum atomic E-state index is 11.8. The van der Waals surface area contributed by atoms with Crippen molar-refractivity contribution in [3.8, 4) is 17.1 Å². The van der Waals surface area contributed by atoms with E-state index in [1.165, 1.54) is 6.21 Å². The molecule has 2 aromatic carbocycles. The third-order valence-corrected chi connectivity index (χ3v) is 4.68. The van der Waals surface area contributed by atoms with Gasteiger partial charge in [0, 0.05) is 5.56 Å². The van der Waals surface area contributed by atoms with Gasteiger partial charge in [-0.25, -0.2) is 5.43 Å². The normalized spacial score (nSPS) is 11.0. The molecule has 0 aliphatic heterocycles. The van der Waals surface area contributed by atoms with Gasteiger partial charge >= 0.3 is 0 Å². The molecule has 0 aliphatic rings. The average Bonchev–Trinajstić information content (AvgIpc) is 3.12. The van der Waals surface area contributed by atoms with Crippen LogP contribution in [0.4, 0.5) is 0 Å². The number of carbonyl (C=O) groups is 1. The monoisotopic (exact) mass is 436 g/mol. The van der Waals surface area contributed by atoms with Gasteiger partial charge in [-0.1, -0.05) is 46.9 Å². The van der Waals surface area contributed by atoms with Crippen LogP contribution < -0.4 is 10.2 Å². The van der Waals surface area contributed by atoms with Gasteiger partial charge in [-0.3, -0.25) is 4.79 Å². The summed E-state index contributed by atoms with van der Waals surface area (Å²) in [4.78, 5) is 11.8. The number of hydrogen-bond acceptors (Lipinski definition) is 4. The summed E-state index contributed by atoms with van der Waals surface area (Å²) in [6, 6.07) is 14.0. The van der Waals surface area contributed by atoms with E-state index >= 15 is 0 Å². The highest BCUT2D eigenvalue weighted by Crippen LogP contribution is 2.35. The third-order valence-electron chi connectivity index (χ3n) is 3.64. The van der Waals surface area contributed by atoms with Crippen LogP contribution in [-0.2, 0) is 4.79 Å². The third kappa shape index (κ3) is 5.29. The quantitative estimate of drug-likeness (QED) is 0.304. The fourth-order valence-electron chi connectivity index (χ4n) is 2.33. The molecule has 0 bridgehead atoms. The topological polar surface area (TPSA) is 63.8 Å². The second kappa shape index (κ2) is 9.15. The van der Waals surface area contributed by atoms with E-state index in [2.05, 4.69) is 10.5 Å². The molecule has 0 aliphatic carbocycles. The van der Waals surface area contributed by atoms with Gasteiger partial charge in [0.2, 0.25) is 0 Å². The number of furan rings is 1. The van der Waals surface area contributed by atoms with Crippen molar-refractivity contribution < 1.29 is 13.9 Å². The van der Waals surface area contributed by atoms with Crippen molar-refractivity contribution in [2.45, 2.75) is 6.92 Å². The first-order valence-electron chi connectivity index (χ1n) is 8.18. The number of amides is 1. The molecule has 0 atom stereocenters.